The van der Waals surface area contributed by atoms with Gasteiger partial charge in [-0.05, 0) is 26.3 Å². The van der Waals surface area contributed by atoms with Crippen molar-refractivity contribution in [1.29, 1.82) is 0 Å². The SMILES string of the molecule is Cc1cc(C)nc(SC2COCCC2N)n1. The molecule has 1 saturated heterocycles. The van der Waals surface area contributed by atoms with Gasteiger partial charge in [0.05, 0.1) is 11.9 Å². The van der Waals surface area contributed by atoms with Crippen molar-refractivity contribution in [3.8, 4) is 0 Å². The molecule has 0 aromatic carbocycles. The highest BCUT2D eigenvalue weighted by Gasteiger charge is 2.24. The summed E-state index contributed by atoms with van der Waals surface area (Å²) in [6.07, 6.45) is 0.919. The van der Waals surface area contributed by atoms with Gasteiger partial charge in [0.1, 0.15) is 0 Å². The molecule has 4 nitrogen and oxygen atoms in total. The van der Waals surface area contributed by atoms with Gasteiger partial charge in [0.25, 0.3) is 0 Å². The molecule has 2 heterocycles. The van der Waals surface area contributed by atoms with Crippen LogP contribution < -0.4 is 5.73 Å². The second-order valence-corrected chi connectivity index (χ2v) is 5.32. The van der Waals surface area contributed by atoms with Crippen LogP contribution in [0.25, 0.3) is 0 Å². The maximum atomic E-state index is 6.05. The van der Waals surface area contributed by atoms with E-state index in [-0.39, 0.29) is 11.3 Å². The highest BCUT2D eigenvalue weighted by molar-refractivity contribution is 7.99. The zero-order valence-corrected chi connectivity index (χ0v) is 10.5. The second-order valence-electron chi connectivity index (χ2n) is 4.12. The molecule has 1 aliphatic heterocycles. The molecule has 5 heteroatoms. The van der Waals surface area contributed by atoms with E-state index in [1.807, 2.05) is 19.9 Å². The lowest BCUT2D eigenvalue weighted by Gasteiger charge is -2.27. The summed E-state index contributed by atoms with van der Waals surface area (Å²) in [5, 5.41) is 1.08. The summed E-state index contributed by atoms with van der Waals surface area (Å²) >= 11 is 1.63. The number of nitrogens with two attached hydrogens (primary N) is 1. The average molecular weight is 239 g/mol. The fraction of sp³-hybridized carbons (Fsp3) is 0.636. The summed E-state index contributed by atoms with van der Waals surface area (Å²) in [5.74, 6) is 0. The highest BCUT2D eigenvalue weighted by Crippen LogP contribution is 2.25. The molecule has 1 aromatic heterocycles. The van der Waals surface area contributed by atoms with Crippen molar-refractivity contribution >= 4 is 11.8 Å². The van der Waals surface area contributed by atoms with Crippen LogP contribution in [0, 0.1) is 13.8 Å². The zero-order chi connectivity index (χ0) is 11.5. The van der Waals surface area contributed by atoms with Crippen molar-refractivity contribution in [3.63, 3.8) is 0 Å². The van der Waals surface area contributed by atoms with Crippen LogP contribution in [0.1, 0.15) is 17.8 Å². The minimum absolute atomic E-state index is 0.183. The third-order valence-electron chi connectivity index (χ3n) is 2.57. The number of nitrogens with zero attached hydrogens (tertiary/aromatic N) is 2. The normalized spacial score (nSPS) is 25.7. The van der Waals surface area contributed by atoms with E-state index in [0.29, 0.717) is 6.61 Å². The van der Waals surface area contributed by atoms with Gasteiger partial charge in [-0.25, -0.2) is 9.97 Å². The molecule has 2 unspecified atom stereocenters. The lowest BCUT2D eigenvalue weighted by atomic mass is 10.1. The van der Waals surface area contributed by atoms with Crippen LogP contribution in [0.15, 0.2) is 11.2 Å². The van der Waals surface area contributed by atoms with E-state index in [4.69, 9.17) is 10.5 Å². The van der Waals surface area contributed by atoms with Crippen molar-refractivity contribution in [1.82, 2.24) is 9.97 Å². The lowest BCUT2D eigenvalue weighted by molar-refractivity contribution is 0.0915. The first-order chi connectivity index (χ1) is 7.65. The molecule has 0 spiro atoms. The predicted octanol–water partition coefficient (Wildman–Crippen LogP) is 1.30. The van der Waals surface area contributed by atoms with Crippen molar-refractivity contribution in [2.75, 3.05) is 13.2 Å². The Kier molecular flexibility index (Phi) is 3.78. The predicted molar refractivity (Wildman–Crippen MR) is 64.6 cm³/mol. The first-order valence-corrected chi connectivity index (χ1v) is 6.35. The number of thioether (sulfide) groups is 1. The van der Waals surface area contributed by atoms with Gasteiger partial charge in [0, 0.05) is 24.0 Å². The van der Waals surface area contributed by atoms with Crippen molar-refractivity contribution in [2.45, 2.75) is 36.7 Å². The fourth-order valence-corrected chi connectivity index (χ4v) is 2.87. The zero-order valence-electron chi connectivity index (χ0n) is 9.64. The van der Waals surface area contributed by atoms with E-state index in [0.717, 1.165) is 29.6 Å². The average Bonchev–Trinajstić information content (AvgIpc) is 2.20. The molecule has 0 bridgehead atoms. The van der Waals surface area contributed by atoms with Gasteiger partial charge >= 0.3 is 0 Å². The molecule has 0 aliphatic carbocycles. The van der Waals surface area contributed by atoms with Crippen LogP contribution in [0.2, 0.25) is 0 Å². The molecule has 0 saturated carbocycles. The van der Waals surface area contributed by atoms with Gasteiger partial charge in [-0.1, -0.05) is 11.8 Å². The molecule has 1 aromatic rings. The van der Waals surface area contributed by atoms with Crippen molar-refractivity contribution in [3.05, 3.63) is 17.5 Å². The minimum Gasteiger partial charge on any atom is -0.380 e. The van der Waals surface area contributed by atoms with Crippen molar-refractivity contribution in [2.24, 2.45) is 5.73 Å². The van der Waals surface area contributed by atoms with E-state index < -0.39 is 0 Å². The minimum atomic E-state index is 0.183. The van der Waals surface area contributed by atoms with E-state index >= 15 is 0 Å². The van der Waals surface area contributed by atoms with Gasteiger partial charge in [-0.2, -0.15) is 0 Å². The maximum absolute atomic E-state index is 6.05. The number of hydrogen-bond acceptors (Lipinski definition) is 5. The second kappa shape index (κ2) is 5.12. The Balaban J connectivity index is 2.07. The van der Waals surface area contributed by atoms with Crippen LogP contribution in [0.5, 0.6) is 0 Å². The summed E-state index contributed by atoms with van der Waals surface area (Å²) in [7, 11) is 0. The number of ether oxygens (including phenoxy) is 1. The standard InChI is InChI=1S/C11H17N3OS/c1-7-5-8(2)14-11(13-7)16-10-6-15-4-3-9(10)12/h5,9-10H,3-4,6,12H2,1-2H3. The van der Waals surface area contributed by atoms with Crippen LogP contribution >= 0.6 is 11.8 Å². The first kappa shape index (κ1) is 11.8. The van der Waals surface area contributed by atoms with Gasteiger partial charge in [0.15, 0.2) is 5.16 Å². The maximum Gasteiger partial charge on any atom is 0.188 e. The number of aryl methyl sites for hydroxylation is 2. The van der Waals surface area contributed by atoms with Crippen LogP contribution in [0.3, 0.4) is 0 Å². The van der Waals surface area contributed by atoms with E-state index in [2.05, 4.69) is 9.97 Å². The quantitative estimate of drug-likeness (QED) is 0.788. The molecular formula is C11H17N3OS. The molecule has 1 aliphatic rings. The molecule has 88 valence electrons. The Bertz CT molecular complexity index is 352. The summed E-state index contributed by atoms with van der Waals surface area (Å²) in [6.45, 7) is 5.43. The molecule has 0 radical (unpaired) electrons. The molecule has 16 heavy (non-hydrogen) atoms. The first-order valence-electron chi connectivity index (χ1n) is 5.47. The van der Waals surface area contributed by atoms with Crippen LogP contribution in [-0.2, 0) is 4.74 Å². The van der Waals surface area contributed by atoms with Crippen LogP contribution in [0.4, 0.5) is 0 Å². The summed E-state index contributed by atoms with van der Waals surface area (Å²) in [5.41, 5.74) is 8.05. The lowest BCUT2D eigenvalue weighted by Crippen LogP contribution is -2.40. The van der Waals surface area contributed by atoms with E-state index in [1.165, 1.54) is 0 Å². The Morgan fingerprint density at radius 1 is 1.38 bits per heavy atom. The summed E-state index contributed by atoms with van der Waals surface area (Å²) in [4.78, 5) is 8.81. The smallest absolute Gasteiger partial charge is 0.188 e. The largest absolute Gasteiger partial charge is 0.380 e. The van der Waals surface area contributed by atoms with E-state index in [1.54, 1.807) is 11.8 Å². The molecule has 2 N–H and O–H groups in total. The molecular weight excluding hydrogens is 222 g/mol. The number of rotatable bonds is 2. The van der Waals surface area contributed by atoms with Gasteiger partial charge in [0.2, 0.25) is 0 Å². The molecule has 1 fully saturated rings. The Hall–Kier alpha value is -0.650. The van der Waals surface area contributed by atoms with E-state index in [9.17, 15) is 0 Å². The third kappa shape index (κ3) is 2.93. The third-order valence-corrected chi connectivity index (χ3v) is 3.76. The highest BCUT2D eigenvalue weighted by atomic mass is 32.2. The topological polar surface area (TPSA) is 61.0 Å². The molecule has 2 atom stereocenters. The summed E-state index contributed by atoms with van der Waals surface area (Å²) < 4.78 is 5.43. The summed E-state index contributed by atoms with van der Waals surface area (Å²) in [6, 6.07) is 2.16. The molecule has 2 rings (SSSR count). The Morgan fingerprint density at radius 2 is 2.06 bits per heavy atom. The molecule has 0 amide bonds. The van der Waals surface area contributed by atoms with Gasteiger partial charge < -0.3 is 10.5 Å². The van der Waals surface area contributed by atoms with Gasteiger partial charge in [-0.15, -0.1) is 0 Å². The van der Waals surface area contributed by atoms with Crippen molar-refractivity contribution < 1.29 is 4.74 Å². The van der Waals surface area contributed by atoms with Gasteiger partial charge in [-0.3, -0.25) is 0 Å². The number of aromatic nitrogens is 2. The monoisotopic (exact) mass is 239 g/mol. The number of hydrogen-bond donors (Lipinski definition) is 1. The van der Waals surface area contributed by atoms with Crippen LogP contribution in [-0.4, -0.2) is 34.5 Å². The Labute approximate surface area is 100.0 Å². The fourth-order valence-electron chi connectivity index (χ4n) is 1.73. The Morgan fingerprint density at radius 3 is 2.69 bits per heavy atom.